The summed E-state index contributed by atoms with van der Waals surface area (Å²) < 4.78 is 0. The van der Waals surface area contributed by atoms with Gasteiger partial charge in [0.05, 0.1) is 0 Å². The Labute approximate surface area is 128 Å². The zero-order valence-corrected chi connectivity index (χ0v) is 13.0. The van der Waals surface area contributed by atoms with Crippen LogP contribution in [-0.4, -0.2) is 37.0 Å². The summed E-state index contributed by atoms with van der Waals surface area (Å²) in [6.07, 6.45) is 11.3. The minimum absolute atomic E-state index is 1.02. The lowest BCUT2D eigenvalue weighted by Crippen LogP contribution is -2.27. The normalized spacial score (nSPS) is 17.0. The molecule has 2 heteroatoms. The highest BCUT2D eigenvalue weighted by Gasteiger charge is 2.19. The quantitative estimate of drug-likeness (QED) is 0.830. The summed E-state index contributed by atoms with van der Waals surface area (Å²) in [7, 11) is 4.29. The van der Waals surface area contributed by atoms with Crippen molar-refractivity contribution in [3.05, 3.63) is 64.9 Å². The standard InChI is InChI=1S/C19H24N2/c1-20(2)12-7-13-21-15-18-10-4-3-8-16(18)14-17-9-5-6-11-19(17)21/h3-6,8,10-11,14H,7,9,12-13,15H2,1-2H3. The summed E-state index contributed by atoms with van der Waals surface area (Å²) >= 11 is 0. The van der Waals surface area contributed by atoms with Gasteiger partial charge >= 0.3 is 0 Å². The second-order valence-electron chi connectivity index (χ2n) is 6.13. The van der Waals surface area contributed by atoms with Gasteiger partial charge in [-0.25, -0.2) is 0 Å². The van der Waals surface area contributed by atoms with Crippen LogP contribution < -0.4 is 0 Å². The first-order chi connectivity index (χ1) is 10.2. The largest absolute Gasteiger partial charge is 0.367 e. The minimum Gasteiger partial charge on any atom is -0.367 e. The van der Waals surface area contributed by atoms with Gasteiger partial charge in [0.15, 0.2) is 0 Å². The van der Waals surface area contributed by atoms with E-state index in [1.165, 1.54) is 28.8 Å². The van der Waals surface area contributed by atoms with Gasteiger partial charge in [0.2, 0.25) is 0 Å². The molecule has 0 fully saturated rings. The maximum atomic E-state index is 2.55. The van der Waals surface area contributed by atoms with Gasteiger partial charge in [-0.05, 0) is 62.3 Å². The molecule has 0 unspecified atom stereocenters. The topological polar surface area (TPSA) is 6.48 Å². The summed E-state index contributed by atoms with van der Waals surface area (Å²) in [5, 5.41) is 0. The van der Waals surface area contributed by atoms with E-state index in [0.717, 1.165) is 26.1 Å². The first-order valence-corrected chi connectivity index (χ1v) is 7.79. The average molecular weight is 280 g/mol. The Morgan fingerprint density at radius 2 is 2.05 bits per heavy atom. The Morgan fingerprint density at radius 3 is 2.90 bits per heavy atom. The molecular weight excluding hydrogens is 256 g/mol. The van der Waals surface area contributed by atoms with Gasteiger partial charge in [-0.2, -0.15) is 0 Å². The molecule has 110 valence electrons. The van der Waals surface area contributed by atoms with Crippen LogP contribution in [0.5, 0.6) is 0 Å². The van der Waals surface area contributed by atoms with Crippen molar-refractivity contribution >= 4 is 6.08 Å². The maximum absolute atomic E-state index is 2.55. The maximum Gasteiger partial charge on any atom is 0.0435 e. The Morgan fingerprint density at radius 1 is 1.19 bits per heavy atom. The van der Waals surface area contributed by atoms with E-state index in [1.54, 1.807) is 0 Å². The molecule has 0 saturated heterocycles. The first-order valence-electron chi connectivity index (χ1n) is 7.79. The summed E-state index contributed by atoms with van der Waals surface area (Å²) in [4.78, 5) is 4.81. The number of nitrogens with zero attached hydrogens (tertiary/aromatic N) is 2. The second kappa shape index (κ2) is 6.31. The fraction of sp³-hybridized carbons (Fsp3) is 0.368. The molecule has 1 heterocycles. The van der Waals surface area contributed by atoms with E-state index < -0.39 is 0 Å². The van der Waals surface area contributed by atoms with Crippen molar-refractivity contribution in [1.29, 1.82) is 0 Å². The molecule has 0 amide bonds. The summed E-state index contributed by atoms with van der Waals surface area (Å²) in [6, 6.07) is 8.79. The molecule has 0 radical (unpaired) electrons. The zero-order chi connectivity index (χ0) is 14.7. The van der Waals surface area contributed by atoms with Gasteiger partial charge in [-0.3, -0.25) is 0 Å². The lowest BCUT2D eigenvalue weighted by atomic mass is 10.0. The monoisotopic (exact) mass is 280 g/mol. The van der Waals surface area contributed by atoms with Crippen molar-refractivity contribution in [2.75, 3.05) is 27.2 Å². The predicted molar refractivity (Wildman–Crippen MR) is 89.8 cm³/mol. The highest BCUT2D eigenvalue weighted by Crippen LogP contribution is 2.31. The van der Waals surface area contributed by atoms with Crippen LogP contribution in [0.25, 0.3) is 6.08 Å². The SMILES string of the molecule is CN(C)CCCN1Cc2ccccc2C=C2CC=CC=C21. The molecule has 0 atom stereocenters. The van der Waals surface area contributed by atoms with E-state index >= 15 is 0 Å². The van der Waals surface area contributed by atoms with Gasteiger partial charge in [0.25, 0.3) is 0 Å². The molecular formula is C19H24N2. The van der Waals surface area contributed by atoms with E-state index in [2.05, 4.69) is 72.5 Å². The lowest BCUT2D eigenvalue weighted by molar-refractivity contribution is 0.306. The highest BCUT2D eigenvalue weighted by molar-refractivity contribution is 5.64. The van der Waals surface area contributed by atoms with E-state index in [9.17, 15) is 0 Å². The van der Waals surface area contributed by atoms with Crippen molar-refractivity contribution in [1.82, 2.24) is 9.80 Å². The summed E-state index contributed by atoms with van der Waals surface area (Å²) in [6.45, 7) is 3.27. The van der Waals surface area contributed by atoms with Crippen molar-refractivity contribution in [3.63, 3.8) is 0 Å². The molecule has 0 aromatic heterocycles. The molecule has 2 aliphatic rings. The van der Waals surface area contributed by atoms with Crippen LogP contribution in [0, 0.1) is 0 Å². The Kier molecular flexibility index (Phi) is 4.26. The number of benzene rings is 1. The summed E-state index contributed by atoms with van der Waals surface area (Å²) in [5.74, 6) is 0. The van der Waals surface area contributed by atoms with Crippen molar-refractivity contribution < 1.29 is 0 Å². The Balaban J connectivity index is 1.87. The minimum atomic E-state index is 1.02. The molecule has 2 nitrogen and oxygen atoms in total. The molecule has 0 bridgehead atoms. The molecule has 0 spiro atoms. The molecule has 0 N–H and O–H groups in total. The molecule has 1 aliphatic carbocycles. The Bertz CT molecular complexity index is 593. The van der Waals surface area contributed by atoms with Gasteiger partial charge in [0, 0.05) is 18.8 Å². The average Bonchev–Trinajstić information content (AvgIpc) is 2.63. The second-order valence-corrected chi connectivity index (χ2v) is 6.13. The third kappa shape index (κ3) is 3.27. The van der Waals surface area contributed by atoms with E-state index in [-0.39, 0.29) is 0 Å². The smallest absolute Gasteiger partial charge is 0.0435 e. The van der Waals surface area contributed by atoms with Crippen LogP contribution in [0.2, 0.25) is 0 Å². The number of allylic oxidation sites excluding steroid dienone is 4. The van der Waals surface area contributed by atoms with Crippen LogP contribution in [0.15, 0.2) is 53.8 Å². The molecule has 21 heavy (non-hydrogen) atoms. The molecule has 1 aliphatic heterocycles. The van der Waals surface area contributed by atoms with Crippen LogP contribution in [0.3, 0.4) is 0 Å². The lowest BCUT2D eigenvalue weighted by Gasteiger charge is -2.29. The molecule has 1 aromatic rings. The van der Waals surface area contributed by atoms with Crippen LogP contribution in [0.4, 0.5) is 0 Å². The van der Waals surface area contributed by atoms with E-state index in [1.807, 2.05) is 0 Å². The van der Waals surface area contributed by atoms with Crippen molar-refractivity contribution in [2.45, 2.75) is 19.4 Å². The summed E-state index contributed by atoms with van der Waals surface area (Å²) in [5.41, 5.74) is 5.67. The molecule has 1 aromatic carbocycles. The number of hydrogen-bond acceptors (Lipinski definition) is 2. The third-order valence-electron chi connectivity index (χ3n) is 4.18. The number of fused-ring (bicyclic) bond motifs is 2. The third-order valence-corrected chi connectivity index (χ3v) is 4.18. The van der Waals surface area contributed by atoms with Gasteiger partial charge < -0.3 is 9.80 Å². The van der Waals surface area contributed by atoms with Crippen LogP contribution in [-0.2, 0) is 6.54 Å². The molecule has 3 rings (SSSR count). The van der Waals surface area contributed by atoms with E-state index in [4.69, 9.17) is 0 Å². The Hall–Kier alpha value is -1.80. The van der Waals surface area contributed by atoms with Gasteiger partial charge in [-0.15, -0.1) is 0 Å². The van der Waals surface area contributed by atoms with Crippen molar-refractivity contribution in [2.24, 2.45) is 0 Å². The fourth-order valence-corrected chi connectivity index (χ4v) is 3.08. The highest BCUT2D eigenvalue weighted by atomic mass is 15.1. The predicted octanol–water partition coefficient (Wildman–Crippen LogP) is 3.68. The zero-order valence-electron chi connectivity index (χ0n) is 13.0. The van der Waals surface area contributed by atoms with Crippen LogP contribution in [0.1, 0.15) is 24.0 Å². The molecule has 0 saturated carbocycles. The van der Waals surface area contributed by atoms with E-state index in [0.29, 0.717) is 0 Å². The van der Waals surface area contributed by atoms with Gasteiger partial charge in [-0.1, -0.05) is 36.4 Å². The van der Waals surface area contributed by atoms with Gasteiger partial charge in [0.1, 0.15) is 0 Å². The first kappa shape index (κ1) is 14.2. The fourth-order valence-electron chi connectivity index (χ4n) is 3.08. The van der Waals surface area contributed by atoms with Crippen LogP contribution >= 0.6 is 0 Å². The number of hydrogen-bond donors (Lipinski definition) is 0. The number of rotatable bonds is 4. The van der Waals surface area contributed by atoms with Crippen molar-refractivity contribution in [3.8, 4) is 0 Å².